The molecule has 0 bridgehead atoms. The summed E-state index contributed by atoms with van der Waals surface area (Å²) in [7, 11) is 0. The smallest absolute Gasteiger partial charge is 0.376 e. The van der Waals surface area contributed by atoms with Crippen LogP contribution in [-0.2, 0) is 10.9 Å². The Labute approximate surface area is 174 Å². The van der Waals surface area contributed by atoms with Crippen molar-refractivity contribution in [2.24, 2.45) is 4.99 Å². The van der Waals surface area contributed by atoms with Crippen LogP contribution < -0.4 is 16.0 Å². The van der Waals surface area contributed by atoms with Crippen LogP contribution in [0.15, 0.2) is 23.3 Å². The molecule has 2 heterocycles. The van der Waals surface area contributed by atoms with E-state index in [2.05, 4.69) is 25.9 Å². The molecule has 2 rings (SSSR count). The zero-order valence-electron chi connectivity index (χ0n) is 15.3. The van der Waals surface area contributed by atoms with E-state index >= 15 is 0 Å². The molecule has 1 unspecified atom stereocenters. The predicted molar refractivity (Wildman–Crippen MR) is 111 cm³/mol. The standard InChI is InChI=1S/C17H26F3N5O.HI/c1-2-21-16(25-12-14-5-3-10-26-14)23-9-4-8-22-15-7-6-13(11-24-15)17(18,19)20;/h6-7,11,14H,2-5,8-10,12H2,1H3,(H,22,24)(H2,21,23,25);1H. The molecule has 0 amide bonds. The Morgan fingerprint density at radius 3 is 2.70 bits per heavy atom. The predicted octanol–water partition coefficient (Wildman–Crippen LogP) is 3.25. The van der Waals surface area contributed by atoms with Crippen molar-refractivity contribution in [3.63, 3.8) is 0 Å². The molecule has 0 saturated carbocycles. The number of nitrogens with zero attached hydrogens (tertiary/aromatic N) is 2. The van der Waals surface area contributed by atoms with Crippen molar-refractivity contribution in [2.45, 2.75) is 38.5 Å². The first-order valence-corrected chi connectivity index (χ1v) is 8.90. The molecule has 0 aliphatic carbocycles. The van der Waals surface area contributed by atoms with Gasteiger partial charge in [-0.05, 0) is 38.3 Å². The van der Waals surface area contributed by atoms with Crippen LogP contribution in [0.1, 0.15) is 31.7 Å². The van der Waals surface area contributed by atoms with Crippen LogP contribution in [0.5, 0.6) is 0 Å². The fourth-order valence-electron chi connectivity index (χ4n) is 2.50. The Morgan fingerprint density at radius 1 is 1.30 bits per heavy atom. The van der Waals surface area contributed by atoms with E-state index in [4.69, 9.17) is 4.74 Å². The molecule has 0 spiro atoms. The third kappa shape index (κ3) is 8.96. The van der Waals surface area contributed by atoms with E-state index in [0.29, 0.717) is 25.5 Å². The van der Waals surface area contributed by atoms with Crippen LogP contribution in [-0.4, -0.2) is 49.8 Å². The molecular weight excluding hydrogens is 474 g/mol. The summed E-state index contributed by atoms with van der Waals surface area (Å²) in [4.78, 5) is 8.29. The number of pyridine rings is 1. The molecule has 154 valence electrons. The lowest BCUT2D eigenvalue weighted by Gasteiger charge is -2.13. The van der Waals surface area contributed by atoms with Crippen molar-refractivity contribution >= 4 is 35.8 Å². The molecule has 27 heavy (non-hydrogen) atoms. The monoisotopic (exact) mass is 501 g/mol. The molecule has 1 aliphatic heterocycles. The first-order chi connectivity index (χ1) is 12.5. The zero-order chi connectivity index (χ0) is 18.8. The van der Waals surface area contributed by atoms with Crippen molar-refractivity contribution in [1.29, 1.82) is 0 Å². The normalized spacial score (nSPS) is 17.3. The SMILES string of the molecule is CCNC(=NCC1CCCO1)NCCCNc1ccc(C(F)(F)F)cn1.I. The van der Waals surface area contributed by atoms with E-state index in [1.54, 1.807) is 0 Å². The molecule has 0 aromatic carbocycles. The van der Waals surface area contributed by atoms with Crippen LogP contribution in [0.25, 0.3) is 0 Å². The first kappa shape index (κ1) is 23.7. The van der Waals surface area contributed by atoms with Gasteiger partial charge in [-0.25, -0.2) is 4.98 Å². The molecular formula is C17H27F3IN5O. The number of aliphatic imine (C=N–C) groups is 1. The third-order valence-corrected chi connectivity index (χ3v) is 3.86. The molecule has 3 N–H and O–H groups in total. The molecule has 1 atom stereocenters. The summed E-state index contributed by atoms with van der Waals surface area (Å²) >= 11 is 0. The van der Waals surface area contributed by atoms with Crippen LogP contribution >= 0.6 is 24.0 Å². The maximum absolute atomic E-state index is 12.5. The van der Waals surface area contributed by atoms with Gasteiger partial charge in [0.15, 0.2) is 5.96 Å². The average Bonchev–Trinajstić information content (AvgIpc) is 3.12. The molecule has 1 fully saturated rings. The van der Waals surface area contributed by atoms with Crippen molar-refractivity contribution in [3.8, 4) is 0 Å². The summed E-state index contributed by atoms with van der Waals surface area (Å²) in [5, 5.41) is 9.42. The number of anilines is 1. The molecule has 10 heteroatoms. The highest BCUT2D eigenvalue weighted by Gasteiger charge is 2.30. The minimum atomic E-state index is -4.36. The van der Waals surface area contributed by atoms with Gasteiger partial charge in [-0.2, -0.15) is 13.2 Å². The fourth-order valence-corrected chi connectivity index (χ4v) is 2.50. The molecule has 1 saturated heterocycles. The van der Waals surface area contributed by atoms with Crippen molar-refractivity contribution < 1.29 is 17.9 Å². The fraction of sp³-hybridized carbons (Fsp3) is 0.647. The highest BCUT2D eigenvalue weighted by atomic mass is 127. The molecule has 1 aromatic heterocycles. The van der Waals surface area contributed by atoms with Crippen molar-refractivity contribution in [2.75, 3.05) is 38.1 Å². The number of rotatable bonds is 8. The van der Waals surface area contributed by atoms with E-state index in [0.717, 1.165) is 50.6 Å². The Kier molecular flexibility index (Phi) is 10.7. The number of halogens is 4. The second kappa shape index (κ2) is 12.2. The molecule has 1 aliphatic rings. The maximum atomic E-state index is 12.5. The number of alkyl halides is 3. The number of guanidine groups is 1. The Morgan fingerprint density at radius 2 is 2.11 bits per heavy atom. The summed E-state index contributed by atoms with van der Waals surface area (Å²) in [6.07, 6.45) is -0.408. The van der Waals surface area contributed by atoms with Gasteiger partial charge >= 0.3 is 6.18 Å². The number of hydrogen-bond donors (Lipinski definition) is 3. The lowest BCUT2D eigenvalue weighted by molar-refractivity contribution is -0.137. The number of aromatic nitrogens is 1. The molecule has 1 aromatic rings. The van der Waals surface area contributed by atoms with E-state index in [1.165, 1.54) is 6.07 Å². The highest BCUT2D eigenvalue weighted by Crippen LogP contribution is 2.28. The van der Waals surface area contributed by atoms with Gasteiger partial charge in [0.1, 0.15) is 5.82 Å². The highest BCUT2D eigenvalue weighted by molar-refractivity contribution is 14.0. The lowest BCUT2D eigenvalue weighted by atomic mass is 10.2. The summed E-state index contributed by atoms with van der Waals surface area (Å²) in [6, 6.07) is 2.36. The van der Waals surface area contributed by atoms with Gasteiger partial charge in [0.25, 0.3) is 0 Å². The van der Waals surface area contributed by atoms with Gasteiger partial charge < -0.3 is 20.7 Å². The summed E-state index contributed by atoms with van der Waals surface area (Å²) < 4.78 is 43.0. The summed E-state index contributed by atoms with van der Waals surface area (Å²) in [5.41, 5.74) is -0.748. The molecule has 6 nitrogen and oxygen atoms in total. The number of hydrogen-bond acceptors (Lipinski definition) is 4. The topological polar surface area (TPSA) is 70.6 Å². The van der Waals surface area contributed by atoms with E-state index < -0.39 is 11.7 Å². The van der Waals surface area contributed by atoms with Crippen LogP contribution in [0, 0.1) is 0 Å². The van der Waals surface area contributed by atoms with Crippen molar-refractivity contribution in [1.82, 2.24) is 15.6 Å². The second-order valence-corrected chi connectivity index (χ2v) is 5.99. The van der Waals surface area contributed by atoms with Crippen LogP contribution in [0.2, 0.25) is 0 Å². The lowest BCUT2D eigenvalue weighted by Crippen LogP contribution is -2.38. The van der Waals surface area contributed by atoms with E-state index in [1.807, 2.05) is 6.92 Å². The zero-order valence-corrected chi connectivity index (χ0v) is 17.6. The second-order valence-electron chi connectivity index (χ2n) is 5.99. The Hall–Kier alpha value is -1.30. The Balaban J connectivity index is 0.00000364. The van der Waals surface area contributed by atoms with Gasteiger partial charge in [0, 0.05) is 32.4 Å². The van der Waals surface area contributed by atoms with Crippen molar-refractivity contribution in [3.05, 3.63) is 23.9 Å². The summed E-state index contributed by atoms with van der Waals surface area (Å²) in [5.74, 6) is 1.17. The van der Waals surface area contributed by atoms with Gasteiger partial charge in [-0.3, -0.25) is 4.99 Å². The molecule has 0 radical (unpaired) electrons. The van der Waals surface area contributed by atoms with E-state index in [9.17, 15) is 13.2 Å². The average molecular weight is 501 g/mol. The minimum absolute atomic E-state index is 0. The first-order valence-electron chi connectivity index (χ1n) is 8.90. The number of nitrogens with one attached hydrogen (secondary N) is 3. The minimum Gasteiger partial charge on any atom is -0.376 e. The quantitative estimate of drug-likeness (QED) is 0.221. The van der Waals surface area contributed by atoms with Gasteiger partial charge in [-0.15, -0.1) is 24.0 Å². The Bertz CT molecular complexity index is 563. The van der Waals surface area contributed by atoms with Crippen LogP contribution in [0.4, 0.5) is 19.0 Å². The van der Waals surface area contributed by atoms with Crippen LogP contribution in [0.3, 0.4) is 0 Å². The van der Waals surface area contributed by atoms with Gasteiger partial charge in [-0.1, -0.05) is 0 Å². The van der Waals surface area contributed by atoms with E-state index in [-0.39, 0.29) is 30.1 Å². The largest absolute Gasteiger partial charge is 0.417 e. The van der Waals surface area contributed by atoms with Gasteiger partial charge in [0.2, 0.25) is 0 Å². The number of ether oxygens (including phenoxy) is 1. The summed E-state index contributed by atoms with van der Waals surface area (Å²) in [6.45, 7) is 5.50. The van der Waals surface area contributed by atoms with Gasteiger partial charge in [0.05, 0.1) is 18.2 Å². The third-order valence-electron chi connectivity index (χ3n) is 3.86. The maximum Gasteiger partial charge on any atom is 0.417 e.